The van der Waals surface area contributed by atoms with Crippen molar-refractivity contribution in [2.75, 3.05) is 20.3 Å². The largest absolute Gasteiger partial charge is 0.444 e. The summed E-state index contributed by atoms with van der Waals surface area (Å²) in [5.41, 5.74) is -0.551. The van der Waals surface area contributed by atoms with Crippen molar-refractivity contribution in [3.8, 4) is 0 Å². The van der Waals surface area contributed by atoms with Crippen molar-refractivity contribution >= 4 is 12.4 Å². The zero-order valence-electron chi connectivity index (χ0n) is 10.9. The maximum absolute atomic E-state index is 11.8. The van der Waals surface area contributed by atoms with E-state index in [9.17, 15) is 9.59 Å². The highest BCUT2D eigenvalue weighted by molar-refractivity contribution is 5.73. The van der Waals surface area contributed by atoms with Gasteiger partial charge in [-0.1, -0.05) is 0 Å². The van der Waals surface area contributed by atoms with Crippen LogP contribution in [0.15, 0.2) is 0 Å². The smallest absolute Gasteiger partial charge is 0.410 e. The Morgan fingerprint density at radius 1 is 1.53 bits per heavy atom. The van der Waals surface area contributed by atoms with Gasteiger partial charge in [0.25, 0.3) is 0 Å². The van der Waals surface area contributed by atoms with Gasteiger partial charge in [-0.3, -0.25) is 0 Å². The summed E-state index contributed by atoms with van der Waals surface area (Å²) in [5, 5.41) is 0. The zero-order chi connectivity index (χ0) is 13.1. The van der Waals surface area contributed by atoms with E-state index in [-0.39, 0.29) is 5.92 Å². The molecule has 0 aromatic rings. The molecule has 2 atom stereocenters. The molecule has 1 heterocycles. The third kappa shape index (κ3) is 4.00. The fraction of sp³-hybridized carbons (Fsp3) is 0.833. The van der Waals surface area contributed by atoms with E-state index in [0.29, 0.717) is 13.2 Å². The molecule has 0 aromatic heterocycles. The van der Waals surface area contributed by atoms with E-state index in [1.54, 1.807) is 27.8 Å². The highest BCUT2D eigenvalue weighted by atomic mass is 16.6. The van der Waals surface area contributed by atoms with E-state index >= 15 is 0 Å². The molecule has 17 heavy (non-hydrogen) atoms. The van der Waals surface area contributed by atoms with Crippen molar-refractivity contribution < 1.29 is 19.1 Å². The molecule has 2 unspecified atom stereocenters. The minimum absolute atomic E-state index is 0.0741. The average molecular weight is 243 g/mol. The Balaban J connectivity index is 2.62. The number of amides is 1. The fourth-order valence-corrected chi connectivity index (χ4v) is 1.80. The molecule has 1 saturated heterocycles. The first kappa shape index (κ1) is 14.0. The lowest BCUT2D eigenvalue weighted by atomic mass is 9.99. The monoisotopic (exact) mass is 243 g/mol. The third-order valence-corrected chi connectivity index (χ3v) is 2.72. The molecule has 1 rings (SSSR count). The highest BCUT2D eigenvalue weighted by Gasteiger charge is 2.32. The minimum atomic E-state index is -0.551. The van der Waals surface area contributed by atoms with Crippen molar-refractivity contribution in [1.29, 1.82) is 0 Å². The van der Waals surface area contributed by atoms with E-state index in [1.807, 2.05) is 0 Å². The summed E-state index contributed by atoms with van der Waals surface area (Å²) in [5.74, 6) is 0.0741. The van der Waals surface area contributed by atoms with Crippen LogP contribution in [-0.2, 0) is 14.3 Å². The van der Waals surface area contributed by atoms with Crippen LogP contribution in [-0.4, -0.2) is 49.2 Å². The summed E-state index contributed by atoms with van der Waals surface area (Å²) >= 11 is 0. The number of ether oxygens (including phenoxy) is 2. The quantitative estimate of drug-likeness (QED) is 0.704. The summed E-state index contributed by atoms with van der Waals surface area (Å²) < 4.78 is 10.5. The molecule has 0 radical (unpaired) electrons. The Kier molecular flexibility index (Phi) is 4.51. The van der Waals surface area contributed by atoms with E-state index in [1.165, 1.54) is 4.90 Å². The van der Waals surface area contributed by atoms with Crippen LogP contribution in [0.4, 0.5) is 4.79 Å². The van der Waals surface area contributed by atoms with Crippen LogP contribution in [0.1, 0.15) is 27.2 Å². The lowest BCUT2D eigenvalue weighted by Gasteiger charge is -2.30. The molecule has 5 nitrogen and oxygen atoms in total. The standard InChI is InChI=1S/C12H21NO4/c1-12(2,3)17-11(15)13(4)10(7-14)9-5-6-16-8-9/h7,9-10H,5-6,8H2,1-4H3. The van der Waals surface area contributed by atoms with Gasteiger partial charge in [0.1, 0.15) is 11.9 Å². The second-order valence-corrected chi connectivity index (χ2v) is 5.34. The van der Waals surface area contributed by atoms with Crippen molar-refractivity contribution in [1.82, 2.24) is 4.90 Å². The van der Waals surface area contributed by atoms with Crippen molar-refractivity contribution in [3.63, 3.8) is 0 Å². The number of carbonyl (C=O) groups excluding carboxylic acids is 2. The summed E-state index contributed by atoms with van der Waals surface area (Å²) in [7, 11) is 1.59. The molecule has 98 valence electrons. The molecular weight excluding hydrogens is 222 g/mol. The van der Waals surface area contributed by atoms with Crippen LogP contribution in [0.2, 0.25) is 0 Å². The first-order chi connectivity index (χ1) is 7.85. The van der Waals surface area contributed by atoms with Gasteiger partial charge in [-0.05, 0) is 27.2 Å². The van der Waals surface area contributed by atoms with Gasteiger partial charge >= 0.3 is 6.09 Å². The summed E-state index contributed by atoms with van der Waals surface area (Å²) in [6.45, 7) is 6.57. The van der Waals surface area contributed by atoms with Crippen LogP contribution in [0.5, 0.6) is 0 Å². The predicted molar refractivity (Wildman–Crippen MR) is 62.8 cm³/mol. The Morgan fingerprint density at radius 3 is 2.59 bits per heavy atom. The maximum atomic E-state index is 11.8. The van der Waals surface area contributed by atoms with E-state index in [0.717, 1.165) is 12.7 Å². The van der Waals surface area contributed by atoms with Gasteiger partial charge in [0, 0.05) is 19.6 Å². The number of nitrogens with zero attached hydrogens (tertiary/aromatic N) is 1. The molecule has 0 aliphatic carbocycles. The molecule has 1 aliphatic heterocycles. The normalized spacial score (nSPS) is 22.0. The molecule has 1 amide bonds. The number of likely N-dealkylation sites (N-methyl/N-ethyl adjacent to an activating group) is 1. The molecule has 1 fully saturated rings. The Labute approximate surface area is 102 Å². The topological polar surface area (TPSA) is 55.8 Å². The van der Waals surface area contributed by atoms with Gasteiger partial charge in [0.15, 0.2) is 0 Å². The van der Waals surface area contributed by atoms with Gasteiger partial charge in [-0.25, -0.2) is 4.79 Å². The second-order valence-electron chi connectivity index (χ2n) is 5.34. The molecule has 0 N–H and O–H groups in total. The minimum Gasteiger partial charge on any atom is -0.444 e. The number of carbonyl (C=O) groups is 2. The number of aldehydes is 1. The van der Waals surface area contributed by atoms with E-state index < -0.39 is 17.7 Å². The summed E-state index contributed by atoms with van der Waals surface area (Å²) in [4.78, 5) is 24.3. The lowest BCUT2D eigenvalue weighted by molar-refractivity contribution is -0.113. The van der Waals surface area contributed by atoms with Gasteiger partial charge in [0.05, 0.1) is 12.6 Å². The second kappa shape index (κ2) is 5.49. The lowest BCUT2D eigenvalue weighted by Crippen LogP contribution is -2.45. The van der Waals surface area contributed by atoms with Crippen molar-refractivity contribution in [3.05, 3.63) is 0 Å². The van der Waals surface area contributed by atoms with Gasteiger partial charge in [-0.15, -0.1) is 0 Å². The number of hydrogen-bond acceptors (Lipinski definition) is 4. The SMILES string of the molecule is CN(C(=O)OC(C)(C)C)C(C=O)C1CCOC1. The predicted octanol–water partition coefficient (Wildman–Crippen LogP) is 1.46. The molecule has 0 spiro atoms. The average Bonchev–Trinajstić information content (AvgIpc) is 2.69. The van der Waals surface area contributed by atoms with Gasteiger partial charge < -0.3 is 19.2 Å². The Morgan fingerprint density at radius 2 is 2.18 bits per heavy atom. The molecule has 5 heteroatoms. The Bertz CT molecular complexity index is 279. The molecule has 1 aliphatic rings. The van der Waals surface area contributed by atoms with Gasteiger partial charge in [0.2, 0.25) is 0 Å². The van der Waals surface area contributed by atoms with E-state index in [2.05, 4.69) is 0 Å². The number of hydrogen-bond donors (Lipinski definition) is 0. The molecule has 0 aromatic carbocycles. The first-order valence-corrected chi connectivity index (χ1v) is 5.84. The molecule has 0 bridgehead atoms. The van der Waals surface area contributed by atoms with Crippen LogP contribution in [0.25, 0.3) is 0 Å². The number of rotatable bonds is 3. The Hall–Kier alpha value is -1.10. The van der Waals surface area contributed by atoms with E-state index in [4.69, 9.17) is 9.47 Å². The fourth-order valence-electron chi connectivity index (χ4n) is 1.80. The first-order valence-electron chi connectivity index (χ1n) is 5.84. The van der Waals surface area contributed by atoms with Crippen LogP contribution in [0, 0.1) is 5.92 Å². The molecule has 0 saturated carbocycles. The van der Waals surface area contributed by atoms with Crippen LogP contribution >= 0.6 is 0 Å². The maximum Gasteiger partial charge on any atom is 0.410 e. The zero-order valence-corrected chi connectivity index (χ0v) is 10.9. The highest BCUT2D eigenvalue weighted by Crippen LogP contribution is 2.20. The van der Waals surface area contributed by atoms with Crippen LogP contribution in [0.3, 0.4) is 0 Å². The summed E-state index contributed by atoms with van der Waals surface area (Å²) in [6, 6.07) is -0.465. The van der Waals surface area contributed by atoms with Crippen molar-refractivity contribution in [2.45, 2.75) is 38.8 Å². The van der Waals surface area contributed by atoms with Crippen molar-refractivity contribution in [2.24, 2.45) is 5.92 Å². The van der Waals surface area contributed by atoms with Gasteiger partial charge in [-0.2, -0.15) is 0 Å². The summed E-state index contributed by atoms with van der Waals surface area (Å²) in [6.07, 6.45) is 1.13. The van der Waals surface area contributed by atoms with Crippen LogP contribution < -0.4 is 0 Å². The third-order valence-electron chi connectivity index (χ3n) is 2.72. The molecular formula is C12H21NO4.